The van der Waals surface area contributed by atoms with Gasteiger partial charge in [-0.1, -0.05) is 30.3 Å². The number of hydrogen-bond acceptors (Lipinski definition) is 3. The summed E-state index contributed by atoms with van der Waals surface area (Å²) < 4.78 is 33.9. The van der Waals surface area contributed by atoms with E-state index in [1.807, 2.05) is 48.7 Å². The molecule has 39 heavy (non-hydrogen) atoms. The molecule has 1 saturated heterocycles. The molecular weight excluding hydrogens is 496 g/mol. The Balaban J connectivity index is 1.29. The molecule has 1 aromatic heterocycles. The number of anilines is 1. The van der Waals surface area contributed by atoms with E-state index in [0.29, 0.717) is 24.2 Å². The minimum atomic E-state index is -2.56. The number of benzene rings is 3. The minimum Gasteiger partial charge on any atom is -0.496 e. The maximum atomic E-state index is 14.1. The van der Waals surface area contributed by atoms with Crippen molar-refractivity contribution in [3.8, 4) is 5.75 Å². The molecule has 3 aromatic carbocycles. The summed E-state index contributed by atoms with van der Waals surface area (Å²) in [6.07, 6.45) is 3.32. The SMILES string of the molecule is COc1cc(C)c2[nH]ccc2c1CN1CCC2(C[C@H]1c1ccc(NC(=O)c3ccccc3)cc1)CC(F)(F)C2. The standard InChI is InChI=1S/C32H33F2N3O2/c1-21-16-28(39-2)26(25-12-14-35-29(21)25)18-37-15-13-31(19-32(33,34)20-31)17-27(37)22-8-10-24(11-9-22)36-30(38)23-6-4-3-5-7-23/h3-12,14,16,27,35H,13,15,17-20H2,1-2H3,(H,36,38)/t27-/m0/s1. The van der Waals surface area contributed by atoms with Gasteiger partial charge in [-0.2, -0.15) is 0 Å². The molecule has 2 N–H and O–H groups in total. The van der Waals surface area contributed by atoms with Crippen LogP contribution in [0, 0.1) is 12.3 Å². The molecule has 6 rings (SSSR count). The number of carbonyl (C=O) groups excluding carboxylic acids is 1. The average Bonchev–Trinajstić information content (AvgIpc) is 3.42. The van der Waals surface area contributed by atoms with Gasteiger partial charge in [0.1, 0.15) is 5.75 Å². The lowest BCUT2D eigenvalue weighted by Crippen LogP contribution is -2.53. The largest absolute Gasteiger partial charge is 0.496 e. The Kier molecular flexibility index (Phi) is 6.42. The molecule has 7 heteroatoms. The number of ether oxygens (including phenoxy) is 1. The van der Waals surface area contributed by atoms with Gasteiger partial charge in [-0.3, -0.25) is 9.69 Å². The van der Waals surface area contributed by atoms with Gasteiger partial charge in [0.15, 0.2) is 0 Å². The Labute approximate surface area is 227 Å². The van der Waals surface area contributed by atoms with Gasteiger partial charge < -0.3 is 15.0 Å². The number of likely N-dealkylation sites (tertiary alicyclic amines) is 1. The van der Waals surface area contributed by atoms with Crippen molar-refractivity contribution in [1.82, 2.24) is 9.88 Å². The molecule has 0 unspecified atom stereocenters. The van der Waals surface area contributed by atoms with Crippen molar-refractivity contribution in [2.24, 2.45) is 5.41 Å². The third kappa shape index (κ3) is 4.91. The summed E-state index contributed by atoms with van der Waals surface area (Å²) in [5.41, 5.74) is 5.35. The number of amides is 1. The number of aromatic nitrogens is 1. The molecule has 5 nitrogen and oxygen atoms in total. The number of hydrogen-bond donors (Lipinski definition) is 2. The van der Waals surface area contributed by atoms with Crippen LogP contribution in [0.15, 0.2) is 72.9 Å². The molecule has 0 bridgehead atoms. The predicted octanol–water partition coefficient (Wildman–Crippen LogP) is 7.49. The van der Waals surface area contributed by atoms with E-state index in [2.05, 4.69) is 34.3 Å². The van der Waals surface area contributed by atoms with Crippen molar-refractivity contribution in [2.45, 2.75) is 51.1 Å². The van der Waals surface area contributed by atoms with Crippen LogP contribution in [0.1, 0.15) is 58.8 Å². The first-order chi connectivity index (χ1) is 18.8. The van der Waals surface area contributed by atoms with E-state index >= 15 is 0 Å². The summed E-state index contributed by atoms with van der Waals surface area (Å²) in [4.78, 5) is 18.4. The Bertz CT molecular complexity index is 1490. The van der Waals surface area contributed by atoms with Crippen LogP contribution in [-0.2, 0) is 6.54 Å². The Hall–Kier alpha value is -3.71. The lowest BCUT2D eigenvalue weighted by molar-refractivity contribution is -0.186. The minimum absolute atomic E-state index is 0.0197. The summed E-state index contributed by atoms with van der Waals surface area (Å²) in [6, 6.07) is 21.1. The summed E-state index contributed by atoms with van der Waals surface area (Å²) in [5.74, 6) is -1.89. The molecule has 0 radical (unpaired) electrons. The molecule has 2 fully saturated rings. The number of aromatic amines is 1. The van der Waals surface area contributed by atoms with Crippen LogP contribution in [0.25, 0.3) is 10.9 Å². The highest BCUT2D eigenvalue weighted by Gasteiger charge is 2.58. The van der Waals surface area contributed by atoms with E-state index in [-0.39, 0.29) is 30.2 Å². The second-order valence-corrected chi connectivity index (χ2v) is 11.2. The van der Waals surface area contributed by atoms with Gasteiger partial charge in [-0.25, -0.2) is 8.78 Å². The second kappa shape index (κ2) is 9.79. The first-order valence-corrected chi connectivity index (χ1v) is 13.5. The summed E-state index contributed by atoms with van der Waals surface area (Å²) in [5, 5.41) is 4.08. The zero-order chi connectivity index (χ0) is 27.2. The van der Waals surface area contributed by atoms with E-state index in [9.17, 15) is 13.6 Å². The van der Waals surface area contributed by atoms with Crippen LogP contribution in [0.4, 0.5) is 14.5 Å². The number of rotatable bonds is 6. The fourth-order valence-corrected chi connectivity index (χ4v) is 6.63. The fraction of sp³-hybridized carbons (Fsp3) is 0.344. The molecule has 4 aromatic rings. The molecule has 1 saturated carbocycles. The lowest BCUT2D eigenvalue weighted by Gasteiger charge is -2.54. The molecule has 1 amide bonds. The number of alkyl halides is 2. The average molecular weight is 530 g/mol. The van der Waals surface area contributed by atoms with Crippen molar-refractivity contribution >= 4 is 22.5 Å². The first-order valence-electron chi connectivity index (χ1n) is 13.5. The second-order valence-electron chi connectivity index (χ2n) is 11.2. The van der Waals surface area contributed by atoms with Crippen molar-refractivity contribution in [3.05, 3.63) is 95.2 Å². The van der Waals surface area contributed by atoms with E-state index in [0.717, 1.165) is 46.3 Å². The monoisotopic (exact) mass is 529 g/mol. The number of aryl methyl sites for hydroxylation is 1. The van der Waals surface area contributed by atoms with Gasteiger partial charge in [0.05, 0.1) is 7.11 Å². The number of halogens is 2. The van der Waals surface area contributed by atoms with Gasteiger partial charge in [0, 0.05) is 59.3 Å². The molecular formula is C32H33F2N3O2. The highest BCUT2D eigenvalue weighted by molar-refractivity contribution is 6.04. The zero-order valence-corrected chi connectivity index (χ0v) is 22.3. The number of methoxy groups -OCH3 is 1. The summed E-state index contributed by atoms with van der Waals surface area (Å²) in [6.45, 7) is 3.45. The summed E-state index contributed by atoms with van der Waals surface area (Å²) in [7, 11) is 1.69. The molecule has 2 heterocycles. The van der Waals surface area contributed by atoms with E-state index in [4.69, 9.17) is 4.74 Å². The molecule has 1 atom stereocenters. The number of piperidine rings is 1. The van der Waals surface area contributed by atoms with Crippen LogP contribution in [0.2, 0.25) is 0 Å². The number of H-pyrrole nitrogens is 1. The number of nitrogens with zero attached hydrogens (tertiary/aromatic N) is 1. The zero-order valence-electron chi connectivity index (χ0n) is 22.3. The van der Waals surface area contributed by atoms with E-state index in [1.165, 1.54) is 0 Å². The van der Waals surface area contributed by atoms with Crippen molar-refractivity contribution < 1.29 is 18.3 Å². The third-order valence-electron chi connectivity index (χ3n) is 8.55. The number of carbonyl (C=O) groups is 1. The molecule has 2 aliphatic rings. The highest BCUT2D eigenvalue weighted by Crippen LogP contribution is 2.60. The van der Waals surface area contributed by atoms with E-state index in [1.54, 1.807) is 19.2 Å². The molecule has 1 aliphatic heterocycles. The predicted molar refractivity (Wildman–Crippen MR) is 149 cm³/mol. The molecule has 1 spiro atoms. The van der Waals surface area contributed by atoms with Gasteiger partial charge in [0.2, 0.25) is 5.92 Å². The normalized spacial score (nSPS) is 20.1. The van der Waals surface area contributed by atoms with E-state index < -0.39 is 5.92 Å². The third-order valence-corrected chi connectivity index (χ3v) is 8.55. The van der Waals surface area contributed by atoms with Crippen LogP contribution in [0.3, 0.4) is 0 Å². The Morgan fingerprint density at radius 2 is 1.85 bits per heavy atom. The van der Waals surface area contributed by atoms with Crippen molar-refractivity contribution in [1.29, 1.82) is 0 Å². The van der Waals surface area contributed by atoms with Crippen molar-refractivity contribution in [2.75, 3.05) is 19.0 Å². The first kappa shape index (κ1) is 25.6. The van der Waals surface area contributed by atoms with Crippen LogP contribution in [-0.4, -0.2) is 35.4 Å². The van der Waals surface area contributed by atoms with Crippen LogP contribution < -0.4 is 10.1 Å². The summed E-state index contributed by atoms with van der Waals surface area (Å²) >= 11 is 0. The van der Waals surface area contributed by atoms with Gasteiger partial charge in [0.25, 0.3) is 5.91 Å². The lowest BCUT2D eigenvalue weighted by atomic mass is 9.59. The number of nitrogens with one attached hydrogen (secondary N) is 2. The molecule has 1 aliphatic carbocycles. The van der Waals surface area contributed by atoms with Gasteiger partial charge in [-0.05, 0) is 79.3 Å². The number of fused-ring (bicyclic) bond motifs is 1. The van der Waals surface area contributed by atoms with Crippen LogP contribution in [0.5, 0.6) is 5.75 Å². The van der Waals surface area contributed by atoms with Gasteiger partial charge >= 0.3 is 0 Å². The van der Waals surface area contributed by atoms with Gasteiger partial charge in [-0.15, -0.1) is 0 Å². The smallest absolute Gasteiger partial charge is 0.255 e. The molecule has 202 valence electrons. The van der Waals surface area contributed by atoms with Crippen LogP contribution >= 0.6 is 0 Å². The maximum Gasteiger partial charge on any atom is 0.255 e. The topological polar surface area (TPSA) is 57.4 Å². The Morgan fingerprint density at radius 3 is 2.54 bits per heavy atom. The fourth-order valence-electron chi connectivity index (χ4n) is 6.63. The van der Waals surface area contributed by atoms with Crippen molar-refractivity contribution in [3.63, 3.8) is 0 Å². The quantitative estimate of drug-likeness (QED) is 0.272. The maximum absolute atomic E-state index is 14.1. The highest BCUT2D eigenvalue weighted by atomic mass is 19.3. The Morgan fingerprint density at radius 1 is 1.10 bits per heavy atom.